The van der Waals surface area contributed by atoms with Crippen LogP contribution in [-0.2, 0) is 5.41 Å². The van der Waals surface area contributed by atoms with Crippen molar-refractivity contribution in [2.24, 2.45) is 0 Å². The first-order valence-electron chi connectivity index (χ1n) is 10.8. The van der Waals surface area contributed by atoms with E-state index in [-0.39, 0.29) is 23.5 Å². The van der Waals surface area contributed by atoms with Crippen molar-refractivity contribution < 1.29 is 18.7 Å². The first-order chi connectivity index (χ1) is 16.8. The SMILES string of the molecule is C#C[C@](C)(c1ccc(Cl)cc1)c1csc(NC(=O)c2c(F)cc(N3CCNCC3CO)cc2F)n1. The number of hydrogen-bond donors (Lipinski definition) is 3. The number of thiazole rings is 1. The van der Waals surface area contributed by atoms with Gasteiger partial charge in [0.2, 0.25) is 0 Å². The lowest BCUT2D eigenvalue weighted by Gasteiger charge is -2.37. The van der Waals surface area contributed by atoms with Crippen LogP contribution in [0.1, 0.15) is 28.5 Å². The number of aromatic nitrogens is 1. The Bertz CT molecular complexity index is 1250. The van der Waals surface area contributed by atoms with Crippen molar-refractivity contribution in [3.63, 3.8) is 0 Å². The molecule has 1 aliphatic rings. The van der Waals surface area contributed by atoms with Crippen molar-refractivity contribution in [2.75, 3.05) is 36.5 Å². The molecule has 182 valence electrons. The number of carbonyl (C=O) groups is 1. The second-order valence-corrected chi connectivity index (χ2v) is 9.58. The fourth-order valence-electron chi connectivity index (χ4n) is 4.02. The highest BCUT2D eigenvalue weighted by Gasteiger charge is 2.30. The minimum absolute atomic E-state index is 0.158. The topological polar surface area (TPSA) is 77.5 Å². The summed E-state index contributed by atoms with van der Waals surface area (Å²) >= 11 is 7.07. The number of benzene rings is 2. The van der Waals surface area contributed by atoms with Crippen molar-refractivity contribution in [3.8, 4) is 12.3 Å². The van der Waals surface area contributed by atoms with Crippen LogP contribution in [-0.4, -0.2) is 48.3 Å². The summed E-state index contributed by atoms with van der Waals surface area (Å²) in [4.78, 5) is 18.9. The molecule has 1 amide bonds. The van der Waals surface area contributed by atoms with E-state index in [2.05, 4.69) is 21.5 Å². The number of piperazine rings is 1. The summed E-state index contributed by atoms with van der Waals surface area (Å²) in [6, 6.07) is 8.93. The van der Waals surface area contributed by atoms with E-state index in [0.717, 1.165) is 29.0 Å². The molecule has 2 aromatic carbocycles. The fourth-order valence-corrected chi connectivity index (χ4v) is 4.96. The van der Waals surface area contributed by atoms with Crippen molar-refractivity contribution >= 4 is 39.7 Å². The zero-order chi connectivity index (χ0) is 25.2. The van der Waals surface area contributed by atoms with Gasteiger partial charge in [0.05, 0.1) is 23.8 Å². The molecule has 6 nitrogen and oxygen atoms in total. The second-order valence-electron chi connectivity index (χ2n) is 8.29. The van der Waals surface area contributed by atoms with Crippen molar-refractivity contribution in [2.45, 2.75) is 18.4 Å². The highest BCUT2D eigenvalue weighted by atomic mass is 35.5. The first kappa shape index (κ1) is 25.1. The molecule has 0 bridgehead atoms. The summed E-state index contributed by atoms with van der Waals surface area (Å²) in [6.07, 6.45) is 5.82. The van der Waals surface area contributed by atoms with E-state index in [1.807, 2.05) is 6.92 Å². The van der Waals surface area contributed by atoms with Gasteiger partial charge in [0.15, 0.2) is 5.13 Å². The Hall–Kier alpha value is -3.03. The Morgan fingerprint density at radius 3 is 2.69 bits per heavy atom. The maximum atomic E-state index is 14.9. The molecule has 3 aromatic rings. The highest BCUT2D eigenvalue weighted by molar-refractivity contribution is 7.14. The van der Waals surface area contributed by atoms with Crippen LogP contribution in [0.4, 0.5) is 19.6 Å². The molecule has 1 aliphatic heterocycles. The molecule has 0 saturated carbocycles. The molecule has 0 radical (unpaired) electrons. The van der Waals surface area contributed by atoms with E-state index in [1.54, 1.807) is 34.5 Å². The standard InChI is InChI=1S/C25H23ClF2N4O2S/c1-3-25(2,15-4-6-16(26)7-5-15)21-14-35-24(30-21)31-23(34)22-19(27)10-17(11-20(22)28)32-9-8-29-12-18(32)13-33/h1,4-7,10-11,14,18,29,33H,8-9,12-13H2,2H3,(H,30,31,34)/t18?,25-/m1/s1. The number of halogens is 3. The van der Waals surface area contributed by atoms with Crippen molar-refractivity contribution in [3.05, 3.63) is 75.3 Å². The van der Waals surface area contributed by atoms with E-state index < -0.39 is 28.5 Å². The van der Waals surface area contributed by atoms with Crippen LogP contribution < -0.4 is 15.5 Å². The van der Waals surface area contributed by atoms with Gasteiger partial charge in [-0.05, 0) is 36.8 Å². The summed E-state index contributed by atoms with van der Waals surface area (Å²) in [5.74, 6) is -0.225. The van der Waals surface area contributed by atoms with Crippen LogP contribution in [0.5, 0.6) is 0 Å². The van der Waals surface area contributed by atoms with Gasteiger partial charge in [-0.3, -0.25) is 10.1 Å². The molecule has 2 heterocycles. The third-order valence-corrected chi connectivity index (χ3v) is 7.10. The Morgan fingerprint density at radius 1 is 1.37 bits per heavy atom. The predicted octanol–water partition coefficient (Wildman–Crippen LogP) is 4.04. The molecule has 1 fully saturated rings. The largest absolute Gasteiger partial charge is 0.394 e. The maximum absolute atomic E-state index is 14.9. The number of hydrogen-bond acceptors (Lipinski definition) is 6. The number of amides is 1. The average Bonchev–Trinajstić information content (AvgIpc) is 3.32. The van der Waals surface area contributed by atoms with E-state index in [0.29, 0.717) is 30.4 Å². The molecule has 1 unspecified atom stereocenters. The molecule has 1 saturated heterocycles. The van der Waals surface area contributed by atoms with Crippen LogP contribution in [0.3, 0.4) is 0 Å². The lowest BCUT2D eigenvalue weighted by molar-refractivity contribution is 0.101. The molecule has 35 heavy (non-hydrogen) atoms. The zero-order valence-electron chi connectivity index (χ0n) is 18.8. The summed E-state index contributed by atoms with van der Waals surface area (Å²) < 4.78 is 29.8. The first-order valence-corrected chi connectivity index (χ1v) is 12.1. The maximum Gasteiger partial charge on any atom is 0.263 e. The number of nitrogens with zero attached hydrogens (tertiary/aromatic N) is 2. The fraction of sp³-hybridized carbons (Fsp3) is 0.280. The Labute approximate surface area is 210 Å². The molecular weight excluding hydrogens is 494 g/mol. The van der Waals surface area contributed by atoms with Crippen molar-refractivity contribution in [1.29, 1.82) is 0 Å². The summed E-state index contributed by atoms with van der Waals surface area (Å²) in [5.41, 5.74) is -0.0450. The van der Waals surface area contributed by atoms with Crippen LogP contribution >= 0.6 is 22.9 Å². The number of carbonyl (C=O) groups excluding carboxylic acids is 1. The molecule has 4 rings (SSSR count). The average molecular weight is 517 g/mol. The highest BCUT2D eigenvalue weighted by Crippen LogP contribution is 2.34. The number of aliphatic hydroxyl groups is 1. The van der Waals surface area contributed by atoms with Crippen LogP contribution in [0.25, 0.3) is 0 Å². The van der Waals surface area contributed by atoms with Gasteiger partial charge in [0.25, 0.3) is 5.91 Å². The zero-order valence-corrected chi connectivity index (χ0v) is 20.4. The molecule has 1 aromatic heterocycles. The van der Waals surface area contributed by atoms with E-state index in [9.17, 15) is 18.7 Å². The smallest absolute Gasteiger partial charge is 0.263 e. The number of aliphatic hydroxyl groups excluding tert-OH is 1. The number of anilines is 2. The minimum Gasteiger partial charge on any atom is -0.394 e. The van der Waals surface area contributed by atoms with E-state index in [4.69, 9.17) is 18.0 Å². The monoisotopic (exact) mass is 516 g/mol. The van der Waals surface area contributed by atoms with Crippen molar-refractivity contribution in [1.82, 2.24) is 10.3 Å². The molecule has 2 atom stereocenters. The van der Waals surface area contributed by atoms with Gasteiger partial charge in [-0.2, -0.15) is 0 Å². The van der Waals surface area contributed by atoms with Gasteiger partial charge < -0.3 is 15.3 Å². The Kier molecular flexibility index (Phi) is 7.38. The molecule has 10 heteroatoms. The lowest BCUT2D eigenvalue weighted by atomic mass is 9.81. The second kappa shape index (κ2) is 10.3. The number of rotatable bonds is 6. The van der Waals surface area contributed by atoms with Crippen LogP contribution in [0.2, 0.25) is 5.02 Å². The molecule has 0 aliphatic carbocycles. The third-order valence-electron chi connectivity index (χ3n) is 6.09. The lowest BCUT2D eigenvalue weighted by Crippen LogP contribution is -2.53. The minimum atomic E-state index is -1.00. The Morgan fingerprint density at radius 2 is 2.06 bits per heavy atom. The van der Waals surface area contributed by atoms with Gasteiger partial charge in [0.1, 0.15) is 17.2 Å². The quantitative estimate of drug-likeness (QED) is 0.431. The predicted molar refractivity (Wildman–Crippen MR) is 134 cm³/mol. The summed E-state index contributed by atoms with van der Waals surface area (Å²) in [7, 11) is 0. The van der Waals surface area contributed by atoms with Gasteiger partial charge in [-0.15, -0.1) is 17.8 Å². The van der Waals surface area contributed by atoms with E-state index in [1.165, 1.54) is 0 Å². The molecule has 3 N–H and O–H groups in total. The Balaban J connectivity index is 1.56. The number of nitrogens with one attached hydrogen (secondary N) is 2. The summed E-state index contributed by atoms with van der Waals surface area (Å²) in [6.45, 7) is 3.21. The van der Waals surface area contributed by atoms with Crippen LogP contribution in [0, 0.1) is 24.0 Å². The van der Waals surface area contributed by atoms with Gasteiger partial charge in [-0.1, -0.05) is 29.7 Å². The van der Waals surface area contributed by atoms with E-state index >= 15 is 0 Å². The third kappa shape index (κ3) is 5.02. The van der Waals surface area contributed by atoms with Crippen LogP contribution in [0.15, 0.2) is 41.8 Å². The normalized spacial score (nSPS) is 17.5. The number of terminal acetylenes is 1. The summed E-state index contributed by atoms with van der Waals surface area (Å²) in [5, 5.41) is 17.6. The molecule has 0 spiro atoms. The molecular formula is C25H23ClF2N4O2S. The van der Waals surface area contributed by atoms with Gasteiger partial charge >= 0.3 is 0 Å². The van der Waals surface area contributed by atoms with Gasteiger partial charge in [0, 0.05) is 35.7 Å². The van der Waals surface area contributed by atoms with Gasteiger partial charge in [-0.25, -0.2) is 13.8 Å².